The van der Waals surface area contributed by atoms with Crippen LogP contribution in [0.25, 0.3) is 0 Å². The fourth-order valence-corrected chi connectivity index (χ4v) is 6.29. The number of aromatic nitrogens is 3. The number of halogens is 2. The zero-order chi connectivity index (χ0) is 23.2. The van der Waals surface area contributed by atoms with Crippen LogP contribution in [0.5, 0.6) is 0 Å². The average Bonchev–Trinajstić information content (AvgIpc) is 3.30. The number of carbonyl (C=O) groups is 3. The minimum Gasteiger partial charge on any atom is -0.477 e. The van der Waals surface area contributed by atoms with Gasteiger partial charge in [0.05, 0.1) is 6.04 Å². The third-order valence-corrected chi connectivity index (χ3v) is 8.25. The molecular weight excluding hydrogens is 525 g/mol. The van der Waals surface area contributed by atoms with Crippen LogP contribution in [0.15, 0.2) is 20.0 Å². The smallest absolute Gasteiger partial charge is 0.353 e. The normalized spacial score (nSPS) is 20.8. The number of thioether (sulfide) groups is 1. The highest BCUT2D eigenvalue weighted by Crippen LogP contribution is 2.45. The highest BCUT2D eigenvalue weighted by Gasteiger charge is 2.54. The molecule has 5 N–H and O–H groups in total. The molecule has 0 aliphatic carbocycles. The zero-order valence-corrected chi connectivity index (χ0v) is 19.4. The molecule has 0 radical (unpaired) electrons. The monoisotopic (exact) mass is 535 g/mol. The minimum atomic E-state index is -1.29. The Morgan fingerprint density at radius 3 is 2.69 bits per heavy atom. The second kappa shape index (κ2) is 8.82. The van der Waals surface area contributed by atoms with Crippen molar-refractivity contribution in [3.05, 3.63) is 25.8 Å². The van der Waals surface area contributed by atoms with Gasteiger partial charge in [-0.2, -0.15) is 0 Å². The molecule has 0 saturated carbocycles. The summed E-state index contributed by atoms with van der Waals surface area (Å²) in [6, 6.07) is -1.60. The molecule has 0 bridgehead atoms. The van der Waals surface area contributed by atoms with Gasteiger partial charge in [-0.1, -0.05) is 55.9 Å². The third-order valence-electron chi connectivity index (χ3n) is 4.66. The van der Waals surface area contributed by atoms with Crippen molar-refractivity contribution in [2.75, 3.05) is 5.73 Å². The van der Waals surface area contributed by atoms with Gasteiger partial charge in [0.15, 0.2) is 16.0 Å². The number of nitrogen functional groups attached to an aromatic ring is 1. The molecule has 0 aromatic carbocycles. The van der Waals surface area contributed by atoms with E-state index in [0.717, 1.165) is 39.5 Å². The van der Waals surface area contributed by atoms with Crippen LogP contribution >= 0.6 is 57.8 Å². The average molecular weight is 536 g/mol. The van der Waals surface area contributed by atoms with Gasteiger partial charge in [0.1, 0.15) is 26.0 Å². The van der Waals surface area contributed by atoms with E-state index in [4.69, 9.17) is 28.9 Å². The molecule has 0 spiro atoms. The van der Waals surface area contributed by atoms with E-state index in [1.54, 1.807) is 0 Å². The second-order valence-electron chi connectivity index (χ2n) is 6.42. The number of oxime groups is 1. The molecule has 4 heterocycles. The molecule has 12 nitrogen and oxygen atoms in total. The molecular formula is C15H11Cl2N7O5S3. The molecule has 4 rings (SSSR count). The molecule has 2 aliphatic heterocycles. The SMILES string of the molecule is Nc1nc(/C(=N/O)C(=O)NC2C(=O)N3C(C(=O)O)=C(Sc4snnc4Cl)CCC23)c(Cl)s1. The van der Waals surface area contributed by atoms with Crippen molar-refractivity contribution in [1.82, 2.24) is 24.8 Å². The molecule has 168 valence electrons. The maximum Gasteiger partial charge on any atom is 0.353 e. The zero-order valence-electron chi connectivity index (χ0n) is 15.5. The van der Waals surface area contributed by atoms with Crippen molar-refractivity contribution in [1.29, 1.82) is 0 Å². The number of amides is 2. The number of hydrogen-bond donors (Lipinski definition) is 4. The van der Waals surface area contributed by atoms with E-state index in [0.29, 0.717) is 22.0 Å². The van der Waals surface area contributed by atoms with E-state index in [1.165, 1.54) is 0 Å². The first-order chi connectivity index (χ1) is 15.2. The Hall–Kier alpha value is -2.46. The van der Waals surface area contributed by atoms with Crippen LogP contribution in [-0.2, 0) is 14.4 Å². The first-order valence-electron chi connectivity index (χ1n) is 8.63. The molecule has 2 aliphatic rings. The highest BCUT2D eigenvalue weighted by atomic mass is 35.5. The molecule has 2 aromatic rings. The lowest BCUT2D eigenvalue weighted by molar-refractivity contribution is -0.155. The Kier molecular flexibility index (Phi) is 6.26. The number of anilines is 1. The molecule has 2 aromatic heterocycles. The lowest BCUT2D eigenvalue weighted by atomic mass is 9.86. The van der Waals surface area contributed by atoms with Crippen LogP contribution in [0.2, 0.25) is 9.49 Å². The molecule has 2 atom stereocenters. The first kappa shape index (κ1) is 22.7. The van der Waals surface area contributed by atoms with Crippen molar-refractivity contribution in [3.8, 4) is 0 Å². The van der Waals surface area contributed by atoms with Gasteiger partial charge >= 0.3 is 5.97 Å². The Balaban J connectivity index is 1.54. The fourth-order valence-electron chi connectivity index (χ4n) is 3.35. The van der Waals surface area contributed by atoms with Gasteiger partial charge in [0.2, 0.25) is 0 Å². The number of carboxylic acids is 1. The van der Waals surface area contributed by atoms with Gasteiger partial charge in [-0.15, -0.1) is 5.10 Å². The predicted molar refractivity (Wildman–Crippen MR) is 117 cm³/mol. The molecule has 32 heavy (non-hydrogen) atoms. The van der Waals surface area contributed by atoms with Crippen molar-refractivity contribution in [2.24, 2.45) is 5.16 Å². The third kappa shape index (κ3) is 3.90. The summed E-state index contributed by atoms with van der Waals surface area (Å²) in [6.45, 7) is 0. The Bertz CT molecular complexity index is 1200. The standard InChI is InChI=1S/C15H11Cl2N7O5S3/c16-9-14(32-23-21-9)30-4-2-1-3-5(12(26)24(3)8(4)13(27)28)19-11(25)7(22-29)6-10(17)31-15(18)20-6/h3,5,29H,1-2H2,(H2,18,20)(H,19,25)(H,27,28)/b22-7-. The van der Waals surface area contributed by atoms with Crippen LogP contribution in [-0.4, -0.2) is 65.4 Å². The number of carboxylic acid groups (broad SMARTS) is 1. The number of fused-ring (bicyclic) bond motifs is 1. The van der Waals surface area contributed by atoms with Crippen LogP contribution in [0.4, 0.5) is 5.13 Å². The Morgan fingerprint density at radius 2 is 2.12 bits per heavy atom. The number of aliphatic carboxylic acids is 1. The van der Waals surface area contributed by atoms with E-state index in [9.17, 15) is 24.7 Å². The summed E-state index contributed by atoms with van der Waals surface area (Å²) in [7, 11) is 0. The maximum atomic E-state index is 12.8. The number of carbonyl (C=O) groups excluding carboxylic acids is 2. The van der Waals surface area contributed by atoms with Crippen molar-refractivity contribution < 1.29 is 24.7 Å². The largest absolute Gasteiger partial charge is 0.477 e. The number of β-lactam (4-membered cyclic amide) rings is 1. The lowest BCUT2D eigenvalue weighted by Gasteiger charge is -2.50. The highest BCUT2D eigenvalue weighted by molar-refractivity contribution is 8.04. The first-order valence-corrected chi connectivity index (χ1v) is 11.8. The van der Waals surface area contributed by atoms with Gasteiger partial charge in [-0.3, -0.25) is 14.5 Å². The van der Waals surface area contributed by atoms with Gasteiger partial charge in [-0.05, 0) is 24.4 Å². The quantitative estimate of drug-likeness (QED) is 0.183. The molecule has 1 fully saturated rings. The summed E-state index contributed by atoms with van der Waals surface area (Å²) >= 11 is 14.9. The van der Waals surface area contributed by atoms with Gasteiger partial charge in [-0.25, -0.2) is 9.78 Å². The maximum absolute atomic E-state index is 12.8. The van der Waals surface area contributed by atoms with E-state index in [-0.39, 0.29) is 26.0 Å². The molecule has 2 amide bonds. The summed E-state index contributed by atoms with van der Waals surface area (Å²) in [5.74, 6) is -2.80. The second-order valence-corrected chi connectivity index (χ2v) is 10.5. The molecule has 17 heteroatoms. The number of thiazole rings is 1. The van der Waals surface area contributed by atoms with Crippen LogP contribution < -0.4 is 11.1 Å². The minimum absolute atomic E-state index is 0.0404. The Labute approximate surface area is 201 Å². The molecule has 2 unspecified atom stereocenters. The van der Waals surface area contributed by atoms with E-state index >= 15 is 0 Å². The van der Waals surface area contributed by atoms with Crippen molar-refractivity contribution in [2.45, 2.75) is 29.1 Å². The topological polar surface area (TPSA) is 184 Å². The number of rotatable bonds is 6. The summed E-state index contributed by atoms with van der Waals surface area (Å²) in [5, 5.41) is 28.3. The van der Waals surface area contributed by atoms with E-state index < -0.39 is 35.6 Å². The van der Waals surface area contributed by atoms with Crippen LogP contribution in [0.1, 0.15) is 18.5 Å². The van der Waals surface area contributed by atoms with Gasteiger partial charge in [0.25, 0.3) is 11.8 Å². The predicted octanol–water partition coefficient (Wildman–Crippen LogP) is 1.64. The number of hydrogen-bond acceptors (Lipinski definition) is 12. The number of nitrogens with zero attached hydrogens (tertiary/aromatic N) is 5. The Morgan fingerprint density at radius 1 is 1.38 bits per heavy atom. The lowest BCUT2D eigenvalue weighted by Crippen LogP contribution is -2.72. The van der Waals surface area contributed by atoms with Gasteiger partial charge in [0, 0.05) is 4.91 Å². The van der Waals surface area contributed by atoms with Crippen molar-refractivity contribution >= 4 is 86.5 Å². The van der Waals surface area contributed by atoms with Crippen molar-refractivity contribution in [3.63, 3.8) is 0 Å². The molecule has 1 saturated heterocycles. The number of nitrogens with two attached hydrogens (primary N) is 1. The van der Waals surface area contributed by atoms with E-state index in [2.05, 4.69) is 25.0 Å². The van der Waals surface area contributed by atoms with Crippen LogP contribution in [0.3, 0.4) is 0 Å². The summed E-state index contributed by atoms with van der Waals surface area (Å²) in [4.78, 5) is 42.7. The summed E-state index contributed by atoms with van der Waals surface area (Å²) in [6.07, 6.45) is 0.715. The summed E-state index contributed by atoms with van der Waals surface area (Å²) in [5.41, 5.74) is 4.73. The number of allylic oxidation sites excluding steroid dienone is 1. The number of nitrogens with one attached hydrogen (secondary N) is 1. The summed E-state index contributed by atoms with van der Waals surface area (Å²) < 4.78 is 4.26. The fraction of sp³-hybridized carbons (Fsp3) is 0.267. The van der Waals surface area contributed by atoms with Crippen LogP contribution in [0, 0.1) is 0 Å². The van der Waals surface area contributed by atoms with Gasteiger partial charge < -0.3 is 21.4 Å². The van der Waals surface area contributed by atoms with E-state index in [1.807, 2.05) is 0 Å².